The lowest BCUT2D eigenvalue weighted by molar-refractivity contribution is 0.669. The Kier molecular flexibility index (Phi) is 4.40. The van der Waals surface area contributed by atoms with Crippen LogP contribution in [0.2, 0.25) is 0 Å². The molecule has 1 heterocycles. The fraction of sp³-hybridized carbons (Fsp3) is 0.0303. The second-order valence-corrected chi connectivity index (χ2v) is 9.08. The minimum Gasteiger partial charge on any atom is -0.456 e. The molecule has 2 nitrogen and oxygen atoms in total. The van der Waals surface area contributed by atoms with Gasteiger partial charge in [-0.25, -0.2) is 0 Å². The second-order valence-electron chi connectivity index (χ2n) is 9.08. The molecule has 35 heavy (non-hydrogen) atoms. The van der Waals surface area contributed by atoms with Crippen LogP contribution in [0.5, 0.6) is 0 Å². The van der Waals surface area contributed by atoms with Crippen molar-refractivity contribution in [1.29, 1.82) is 0 Å². The molecule has 7 aromatic rings. The molecule has 0 N–H and O–H groups in total. The van der Waals surface area contributed by atoms with Crippen LogP contribution in [-0.2, 0) is 0 Å². The average Bonchev–Trinajstić information content (AvgIpc) is 3.30. The van der Waals surface area contributed by atoms with Crippen molar-refractivity contribution in [2.75, 3.05) is 4.90 Å². The van der Waals surface area contributed by atoms with Crippen LogP contribution in [0.4, 0.5) is 17.1 Å². The molecule has 0 unspecified atom stereocenters. The van der Waals surface area contributed by atoms with Crippen LogP contribution in [0.15, 0.2) is 126 Å². The van der Waals surface area contributed by atoms with Gasteiger partial charge in [0.05, 0.1) is 5.69 Å². The Bertz CT molecular complexity index is 1850. The van der Waals surface area contributed by atoms with Crippen molar-refractivity contribution in [3.05, 3.63) is 127 Å². The molecule has 166 valence electrons. The summed E-state index contributed by atoms with van der Waals surface area (Å²) in [5, 5.41) is 7.19. The molecule has 0 aliphatic carbocycles. The number of fused-ring (bicyclic) bond motifs is 7. The molecule has 7 rings (SSSR count). The van der Waals surface area contributed by atoms with Gasteiger partial charge in [0.2, 0.25) is 0 Å². The van der Waals surface area contributed by atoms with E-state index in [4.69, 9.17) is 4.42 Å². The third kappa shape index (κ3) is 3.11. The van der Waals surface area contributed by atoms with E-state index in [0.29, 0.717) is 0 Å². The first-order chi connectivity index (χ1) is 17.3. The zero-order chi connectivity index (χ0) is 23.4. The van der Waals surface area contributed by atoms with Gasteiger partial charge in [-0.05, 0) is 53.4 Å². The summed E-state index contributed by atoms with van der Waals surface area (Å²) in [6.45, 7) is 2.12. The maximum Gasteiger partial charge on any atom is 0.138 e. The molecule has 0 spiro atoms. The minimum atomic E-state index is 0.901. The Balaban J connectivity index is 1.61. The number of nitrogens with zero attached hydrogens (tertiary/aromatic N) is 1. The monoisotopic (exact) mass is 449 g/mol. The largest absolute Gasteiger partial charge is 0.456 e. The Labute approximate surface area is 203 Å². The van der Waals surface area contributed by atoms with Crippen LogP contribution in [0.25, 0.3) is 43.5 Å². The smallest absolute Gasteiger partial charge is 0.138 e. The molecule has 0 saturated heterocycles. The Morgan fingerprint density at radius 1 is 0.514 bits per heavy atom. The summed E-state index contributed by atoms with van der Waals surface area (Å²) in [7, 11) is 0. The highest BCUT2D eigenvalue weighted by atomic mass is 16.3. The quantitative estimate of drug-likeness (QED) is 0.267. The summed E-state index contributed by atoms with van der Waals surface area (Å²) in [5.41, 5.74) is 6.40. The molecule has 0 saturated carbocycles. The topological polar surface area (TPSA) is 16.4 Å². The van der Waals surface area contributed by atoms with Gasteiger partial charge in [0.15, 0.2) is 0 Å². The first-order valence-electron chi connectivity index (χ1n) is 12.0. The molecule has 0 bridgehead atoms. The Hall–Kier alpha value is -4.56. The van der Waals surface area contributed by atoms with Crippen molar-refractivity contribution in [2.24, 2.45) is 0 Å². The standard InChI is InChI=1S/C33H23NO/c1-22-15-18-25(19-16-22)34(24-10-3-2-4-11-24)29-21-31-33(28-14-8-7-13-27(28)29)32-26-12-6-5-9-23(26)17-20-30(32)35-31/h2-21H,1H3. The lowest BCUT2D eigenvalue weighted by Gasteiger charge is -2.27. The van der Waals surface area contributed by atoms with E-state index in [-0.39, 0.29) is 0 Å². The van der Waals surface area contributed by atoms with E-state index in [1.807, 2.05) is 0 Å². The van der Waals surface area contributed by atoms with Gasteiger partial charge in [0.25, 0.3) is 0 Å². The maximum absolute atomic E-state index is 6.52. The van der Waals surface area contributed by atoms with E-state index in [2.05, 4.69) is 133 Å². The first kappa shape index (κ1) is 19.9. The van der Waals surface area contributed by atoms with Crippen LogP contribution >= 0.6 is 0 Å². The third-order valence-corrected chi connectivity index (χ3v) is 6.89. The van der Waals surface area contributed by atoms with E-state index in [9.17, 15) is 0 Å². The second kappa shape index (κ2) is 7.75. The Morgan fingerprint density at radius 2 is 1.14 bits per heavy atom. The summed E-state index contributed by atoms with van der Waals surface area (Å²) in [6, 6.07) is 42.9. The number of hydrogen-bond acceptors (Lipinski definition) is 2. The van der Waals surface area contributed by atoms with Crippen molar-refractivity contribution in [1.82, 2.24) is 0 Å². The van der Waals surface area contributed by atoms with E-state index >= 15 is 0 Å². The van der Waals surface area contributed by atoms with E-state index < -0.39 is 0 Å². The third-order valence-electron chi connectivity index (χ3n) is 6.89. The zero-order valence-electron chi connectivity index (χ0n) is 19.4. The van der Waals surface area contributed by atoms with Crippen LogP contribution in [0.3, 0.4) is 0 Å². The van der Waals surface area contributed by atoms with Gasteiger partial charge in [0, 0.05) is 33.6 Å². The van der Waals surface area contributed by atoms with Crippen LogP contribution in [0.1, 0.15) is 5.56 Å². The molecule has 0 fully saturated rings. The van der Waals surface area contributed by atoms with Crippen LogP contribution in [-0.4, -0.2) is 0 Å². The van der Waals surface area contributed by atoms with Gasteiger partial charge in [-0.3, -0.25) is 0 Å². The number of para-hydroxylation sites is 1. The molecule has 1 aromatic heterocycles. The number of benzene rings is 6. The molecular formula is C33H23NO. The van der Waals surface area contributed by atoms with Gasteiger partial charge in [-0.1, -0.05) is 90.5 Å². The van der Waals surface area contributed by atoms with Gasteiger partial charge in [-0.15, -0.1) is 0 Å². The molecular weight excluding hydrogens is 426 g/mol. The summed E-state index contributed by atoms with van der Waals surface area (Å²) in [4.78, 5) is 2.33. The lowest BCUT2D eigenvalue weighted by atomic mass is 9.98. The number of anilines is 3. The van der Waals surface area contributed by atoms with Gasteiger partial charge < -0.3 is 9.32 Å². The van der Waals surface area contributed by atoms with Crippen molar-refractivity contribution >= 4 is 60.5 Å². The summed E-state index contributed by atoms with van der Waals surface area (Å²) in [6.07, 6.45) is 0. The SMILES string of the molecule is Cc1ccc(N(c2ccccc2)c2cc3oc4ccc5ccccc5c4c3c3ccccc23)cc1. The normalized spacial score (nSPS) is 11.6. The van der Waals surface area contributed by atoms with Gasteiger partial charge in [-0.2, -0.15) is 0 Å². The summed E-state index contributed by atoms with van der Waals surface area (Å²) in [5.74, 6) is 0. The van der Waals surface area contributed by atoms with E-state index in [1.165, 1.54) is 37.9 Å². The van der Waals surface area contributed by atoms with E-state index in [0.717, 1.165) is 28.2 Å². The highest BCUT2D eigenvalue weighted by Crippen LogP contribution is 2.45. The average molecular weight is 450 g/mol. The summed E-state index contributed by atoms with van der Waals surface area (Å²) < 4.78 is 6.52. The first-order valence-corrected chi connectivity index (χ1v) is 12.0. The molecule has 0 amide bonds. The predicted molar refractivity (Wildman–Crippen MR) is 148 cm³/mol. The van der Waals surface area contributed by atoms with Crippen molar-refractivity contribution in [3.8, 4) is 0 Å². The molecule has 0 atom stereocenters. The number of hydrogen-bond donors (Lipinski definition) is 0. The van der Waals surface area contributed by atoms with Crippen molar-refractivity contribution in [3.63, 3.8) is 0 Å². The molecule has 6 aromatic carbocycles. The number of rotatable bonds is 3. The van der Waals surface area contributed by atoms with Crippen molar-refractivity contribution < 1.29 is 4.42 Å². The molecule has 0 aliphatic heterocycles. The van der Waals surface area contributed by atoms with E-state index in [1.54, 1.807) is 0 Å². The van der Waals surface area contributed by atoms with Gasteiger partial charge >= 0.3 is 0 Å². The molecule has 0 radical (unpaired) electrons. The van der Waals surface area contributed by atoms with Crippen LogP contribution < -0.4 is 4.90 Å². The molecule has 2 heteroatoms. The molecule has 0 aliphatic rings. The summed E-state index contributed by atoms with van der Waals surface area (Å²) >= 11 is 0. The van der Waals surface area contributed by atoms with Crippen LogP contribution in [0, 0.1) is 6.92 Å². The zero-order valence-corrected chi connectivity index (χ0v) is 19.4. The number of aryl methyl sites for hydroxylation is 1. The fourth-order valence-corrected chi connectivity index (χ4v) is 5.27. The predicted octanol–water partition coefficient (Wildman–Crippen LogP) is 9.67. The highest BCUT2D eigenvalue weighted by molar-refractivity contribution is 6.28. The minimum absolute atomic E-state index is 0.901. The van der Waals surface area contributed by atoms with Gasteiger partial charge in [0.1, 0.15) is 11.2 Å². The highest BCUT2D eigenvalue weighted by Gasteiger charge is 2.20. The fourth-order valence-electron chi connectivity index (χ4n) is 5.27. The van der Waals surface area contributed by atoms with Crippen molar-refractivity contribution in [2.45, 2.75) is 6.92 Å². The maximum atomic E-state index is 6.52. The number of furan rings is 1. The Morgan fingerprint density at radius 3 is 1.94 bits per heavy atom. The lowest BCUT2D eigenvalue weighted by Crippen LogP contribution is -2.10.